The number of aromatic nitrogens is 1. The van der Waals surface area contributed by atoms with Crippen molar-refractivity contribution in [1.82, 2.24) is 4.98 Å². The van der Waals surface area contributed by atoms with E-state index in [9.17, 15) is 10.1 Å². The Morgan fingerprint density at radius 1 is 1.24 bits per heavy atom. The number of oxazole rings is 1. The topological polar surface area (TPSA) is 69.2 Å². The normalized spacial score (nSPS) is 11.0. The summed E-state index contributed by atoms with van der Waals surface area (Å²) in [5.41, 5.74) is 3.95. The van der Waals surface area contributed by atoms with Crippen molar-refractivity contribution in [3.8, 4) is 11.5 Å². The number of non-ortho nitro benzene ring substituents is 1. The number of benzene rings is 2. The molecule has 0 saturated heterocycles. The molecule has 0 saturated carbocycles. The van der Waals surface area contributed by atoms with Crippen molar-refractivity contribution in [2.24, 2.45) is 0 Å². The van der Waals surface area contributed by atoms with Crippen LogP contribution in [0.4, 0.5) is 5.69 Å². The number of hydrogen-bond acceptors (Lipinski definition) is 4. The van der Waals surface area contributed by atoms with Crippen molar-refractivity contribution in [1.29, 1.82) is 0 Å². The Hall–Kier alpha value is -2.69. The number of nitro groups is 1. The highest BCUT2D eigenvalue weighted by Gasteiger charge is 2.15. The van der Waals surface area contributed by atoms with Gasteiger partial charge in [-0.15, -0.1) is 0 Å². The van der Waals surface area contributed by atoms with Crippen molar-refractivity contribution in [2.45, 2.75) is 20.3 Å². The van der Waals surface area contributed by atoms with Crippen LogP contribution in [0.1, 0.15) is 18.1 Å². The van der Waals surface area contributed by atoms with Gasteiger partial charge in [-0.2, -0.15) is 0 Å². The van der Waals surface area contributed by atoms with E-state index in [1.54, 1.807) is 6.92 Å². The Balaban J connectivity index is 2.11. The maximum absolute atomic E-state index is 10.9. The van der Waals surface area contributed by atoms with E-state index in [1.165, 1.54) is 17.7 Å². The highest BCUT2D eigenvalue weighted by Crippen LogP contribution is 2.29. The fourth-order valence-electron chi connectivity index (χ4n) is 2.29. The molecule has 0 atom stereocenters. The van der Waals surface area contributed by atoms with Crippen molar-refractivity contribution >= 4 is 16.8 Å². The summed E-state index contributed by atoms with van der Waals surface area (Å²) in [5.74, 6) is 0.483. The van der Waals surface area contributed by atoms with Gasteiger partial charge in [-0.25, -0.2) is 4.98 Å². The number of fused-ring (bicyclic) bond motifs is 1. The highest BCUT2D eigenvalue weighted by atomic mass is 16.6. The molecule has 21 heavy (non-hydrogen) atoms. The molecule has 0 N–H and O–H groups in total. The SMILES string of the molecule is CCc1ccc(-c2nc3cc([N+](=O)[O-])cc(C)c3o2)cc1. The molecule has 0 radical (unpaired) electrons. The lowest BCUT2D eigenvalue weighted by atomic mass is 10.1. The zero-order valence-corrected chi connectivity index (χ0v) is 11.8. The molecule has 0 aliphatic carbocycles. The zero-order chi connectivity index (χ0) is 15.0. The van der Waals surface area contributed by atoms with Crippen LogP contribution in [0.2, 0.25) is 0 Å². The summed E-state index contributed by atoms with van der Waals surface area (Å²) in [6.07, 6.45) is 0.971. The molecule has 0 aliphatic heterocycles. The molecular formula is C16H14N2O3. The molecule has 3 rings (SSSR count). The fraction of sp³-hybridized carbons (Fsp3) is 0.188. The summed E-state index contributed by atoms with van der Waals surface area (Å²) in [4.78, 5) is 14.8. The van der Waals surface area contributed by atoms with Crippen molar-refractivity contribution in [2.75, 3.05) is 0 Å². The monoisotopic (exact) mass is 282 g/mol. The quantitative estimate of drug-likeness (QED) is 0.531. The third-order valence-electron chi connectivity index (χ3n) is 3.48. The maximum Gasteiger partial charge on any atom is 0.272 e. The zero-order valence-electron chi connectivity index (χ0n) is 11.8. The van der Waals surface area contributed by atoms with Gasteiger partial charge < -0.3 is 4.42 Å². The number of rotatable bonds is 3. The summed E-state index contributed by atoms with van der Waals surface area (Å²) in [5, 5.41) is 10.9. The van der Waals surface area contributed by atoms with E-state index in [1.807, 2.05) is 24.3 Å². The minimum atomic E-state index is -0.420. The molecule has 1 aromatic heterocycles. The van der Waals surface area contributed by atoms with Crippen molar-refractivity contribution < 1.29 is 9.34 Å². The maximum atomic E-state index is 10.9. The first-order valence-electron chi connectivity index (χ1n) is 6.73. The summed E-state index contributed by atoms with van der Waals surface area (Å²) in [6, 6.07) is 10.9. The van der Waals surface area contributed by atoms with Crippen LogP contribution in [0.15, 0.2) is 40.8 Å². The molecule has 5 nitrogen and oxygen atoms in total. The molecule has 0 unspecified atom stereocenters. The molecule has 2 aromatic carbocycles. The molecule has 0 spiro atoms. The van der Waals surface area contributed by atoms with Gasteiger partial charge in [0.05, 0.1) is 4.92 Å². The standard InChI is InChI=1S/C16H14N2O3/c1-3-11-4-6-12(7-5-11)16-17-14-9-13(18(19)20)8-10(2)15(14)21-16/h4-9H,3H2,1-2H3. The van der Waals surface area contributed by atoms with Gasteiger partial charge in [-0.1, -0.05) is 19.1 Å². The van der Waals surface area contributed by atoms with Crippen LogP contribution in [0.5, 0.6) is 0 Å². The van der Waals surface area contributed by atoms with Crippen LogP contribution in [0, 0.1) is 17.0 Å². The van der Waals surface area contributed by atoms with Gasteiger partial charge in [0.25, 0.3) is 5.69 Å². The van der Waals surface area contributed by atoms with Gasteiger partial charge in [-0.05, 0) is 31.0 Å². The number of nitro benzene ring substituents is 1. The second-order valence-corrected chi connectivity index (χ2v) is 4.94. The van der Waals surface area contributed by atoms with Gasteiger partial charge in [-0.3, -0.25) is 10.1 Å². The summed E-state index contributed by atoms with van der Waals surface area (Å²) >= 11 is 0. The Labute approximate surface area is 121 Å². The number of aryl methyl sites for hydroxylation is 2. The number of hydrogen-bond donors (Lipinski definition) is 0. The van der Waals surface area contributed by atoms with Gasteiger partial charge in [0.2, 0.25) is 5.89 Å². The number of nitrogens with zero attached hydrogens (tertiary/aromatic N) is 2. The highest BCUT2D eigenvalue weighted by molar-refractivity contribution is 5.81. The summed E-state index contributed by atoms with van der Waals surface area (Å²) in [6.45, 7) is 3.88. The predicted molar refractivity (Wildman–Crippen MR) is 80.2 cm³/mol. The molecule has 0 bridgehead atoms. The largest absolute Gasteiger partial charge is 0.436 e. The van der Waals surface area contributed by atoms with Crippen LogP contribution in [-0.2, 0) is 6.42 Å². The fourth-order valence-corrected chi connectivity index (χ4v) is 2.29. The minimum Gasteiger partial charge on any atom is -0.436 e. The molecule has 0 amide bonds. The Morgan fingerprint density at radius 3 is 2.57 bits per heavy atom. The van der Waals surface area contributed by atoms with E-state index >= 15 is 0 Å². The van der Waals surface area contributed by atoms with Gasteiger partial charge >= 0.3 is 0 Å². The Bertz CT molecular complexity index is 819. The van der Waals surface area contributed by atoms with E-state index in [0.717, 1.165) is 12.0 Å². The van der Waals surface area contributed by atoms with Gasteiger partial charge in [0.1, 0.15) is 5.52 Å². The first-order chi connectivity index (χ1) is 10.1. The molecule has 0 aliphatic rings. The third-order valence-corrected chi connectivity index (χ3v) is 3.48. The van der Waals surface area contributed by atoms with E-state index in [-0.39, 0.29) is 5.69 Å². The molecule has 106 valence electrons. The molecule has 5 heteroatoms. The van der Waals surface area contributed by atoms with Gasteiger partial charge in [0.15, 0.2) is 5.58 Å². The second kappa shape index (κ2) is 5.01. The predicted octanol–water partition coefficient (Wildman–Crippen LogP) is 4.27. The first-order valence-corrected chi connectivity index (χ1v) is 6.73. The smallest absolute Gasteiger partial charge is 0.272 e. The van der Waals surface area contributed by atoms with Crippen LogP contribution in [-0.4, -0.2) is 9.91 Å². The summed E-state index contributed by atoms with van der Waals surface area (Å²) in [7, 11) is 0. The average molecular weight is 282 g/mol. The van der Waals surface area contributed by atoms with Gasteiger partial charge in [0, 0.05) is 23.3 Å². The average Bonchev–Trinajstić information content (AvgIpc) is 2.92. The second-order valence-electron chi connectivity index (χ2n) is 4.94. The van der Waals surface area contributed by atoms with Crippen LogP contribution >= 0.6 is 0 Å². The first kappa shape index (κ1) is 13.3. The molecule has 0 fully saturated rings. The molecule has 3 aromatic rings. The Morgan fingerprint density at radius 2 is 1.95 bits per heavy atom. The van der Waals surface area contributed by atoms with E-state index in [2.05, 4.69) is 11.9 Å². The third kappa shape index (κ3) is 2.38. The Kier molecular flexibility index (Phi) is 3.17. The lowest BCUT2D eigenvalue weighted by Crippen LogP contribution is -1.88. The van der Waals surface area contributed by atoms with Crippen molar-refractivity contribution in [3.63, 3.8) is 0 Å². The van der Waals surface area contributed by atoms with Crippen LogP contribution < -0.4 is 0 Å². The van der Waals surface area contributed by atoms with Crippen LogP contribution in [0.3, 0.4) is 0 Å². The lowest BCUT2D eigenvalue weighted by molar-refractivity contribution is -0.384. The van der Waals surface area contributed by atoms with E-state index in [0.29, 0.717) is 22.6 Å². The molecular weight excluding hydrogens is 268 g/mol. The van der Waals surface area contributed by atoms with Crippen molar-refractivity contribution in [3.05, 3.63) is 57.6 Å². The molecule has 1 heterocycles. The van der Waals surface area contributed by atoms with E-state index < -0.39 is 4.92 Å². The van der Waals surface area contributed by atoms with Crippen LogP contribution in [0.25, 0.3) is 22.6 Å². The van der Waals surface area contributed by atoms with E-state index in [4.69, 9.17) is 4.42 Å². The lowest BCUT2D eigenvalue weighted by Gasteiger charge is -1.98. The minimum absolute atomic E-state index is 0.0289. The summed E-state index contributed by atoms with van der Waals surface area (Å²) < 4.78 is 5.76.